The van der Waals surface area contributed by atoms with Gasteiger partial charge in [-0.25, -0.2) is 0 Å². The maximum absolute atomic E-state index is 12.3. The van der Waals surface area contributed by atoms with Crippen LogP contribution in [-0.4, -0.2) is 11.0 Å². The molecule has 98 valence electrons. The van der Waals surface area contributed by atoms with Crippen LogP contribution >= 0.6 is 0 Å². The lowest BCUT2D eigenvalue weighted by molar-refractivity contribution is 0.102. The van der Waals surface area contributed by atoms with E-state index in [1.54, 1.807) is 19.1 Å². The van der Waals surface area contributed by atoms with Crippen molar-refractivity contribution in [3.8, 4) is 5.75 Å². The van der Waals surface area contributed by atoms with Crippen LogP contribution in [0.4, 0.5) is 5.69 Å². The number of nitrogens with one attached hydrogen (secondary N) is 1. The molecule has 3 nitrogen and oxygen atoms in total. The molecule has 0 atom stereocenters. The van der Waals surface area contributed by atoms with Crippen molar-refractivity contribution < 1.29 is 9.90 Å². The molecule has 2 aromatic rings. The Bertz CT molecular complexity index is 612. The average Bonchev–Trinajstić information content (AvgIpc) is 2.33. The van der Waals surface area contributed by atoms with Gasteiger partial charge in [0.05, 0.1) is 0 Å². The highest BCUT2D eigenvalue weighted by Gasteiger charge is 2.12. The number of carbonyl (C=O) groups excluding carboxylic acids is 1. The Morgan fingerprint density at radius 2 is 1.63 bits per heavy atom. The molecule has 3 heteroatoms. The van der Waals surface area contributed by atoms with Crippen LogP contribution in [0.5, 0.6) is 5.75 Å². The Labute approximate surface area is 112 Å². The Morgan fingerprint density at radius 3 is 2.21 bits per heavy atom. The Balaban J connectivity index is 2.31. The molecule has 0 aliphatic rings. The van der Waals surface area contributed by atoms with Crippen LogP contribution in [0.1, 0.15) is 27.0 Å². The summed E-state index contributed by atoms with van der Waals surface area (Å²) in [6.45, 7) is 5.73. The monoisotopic (exact) mass is 255 g/mol. The van der Waals surface area contributed by atoms with E-state index in [9.17, 15) is 9.90 Å². The summed E-state index contributed by atoms with van der Waals surface area (Å²) in [4.78, 5) is 12.3. The zero-order valence-corrected chi connectivity index (χ0v) is 11.3. The molecule has 0 heterocycles. The van der Waals surface area contributed by atoms with Gasteiger partial charge in [0.1, 0.15) is 5.75 Å². The second kappa shape index (κ2) is 5.14. The fraction of sp³-hybridized carbons (Fsp3) is 0.188. The standard InChI is InChI=1S/C16H17NO2/c1-10-5-4-6-11(2)15(10)17-16(19)14-8-7-13(18)9-12(14)3/h4-9,18H,1-3H3,(H,17,19). The molecule has 2 N–H and O–H groups in total. The molecule has 0 unspecified atom stereocenters. The first-order valence-corrected chi connectivity index (χ1v) is 6.16. The average molecular weight is 255 g/mol. The van der Waals surface area contributed by atoms with Gasteiger partial charge in [0, 0.05) is 11.3 Å². The normalized spacial score (nSPS) is 10.3. The van der Waals surface area contributed by atoms with Crippen LogP contribution < -0.4 is 5.32 Å². The number of amides is 1. The summed E-state index contributed by atoms with van der Waals surface area (Å²) in [5.41, 5.74) is 4.23. The van der Waals surface area contributed by atoms with Crippen molar-refractivity contribution in [3.63, 3.8) is 0 Å². The number of phenols is 1. The molecule has 0 aliphatic carbocycles. The molecule has 0 aromatic heterocycles. The van der Waals surface area contributed by atoms with Gasteiger partial charge in [0.2, 0.25) is 0 Å². The lowest BCUT2D eigenvalue weighted by Crippen LogP contribution is -2.15. The van der Waals surface area contributed by atoms with E-state index in [0.717, 1.165) is 22.4 Å². The molecule has 1 amide bonds. The van der Waals surface area contributed by atoms with Crippen LogP contribution in [0.3, 0.4) is 0 Å². The second-order valence-electron chi connectivity index (χ2n) is 4.72. The van der Waals surface area contributed by atoms with Crippen molar-refractivity contribution in [3.05, 3.63) is 58.7 Å². The van der Waals surface area contributed by atoms with Gasteiger partial charge in [0.25, 0.3) is 5.91 Å². The van der Waals surface area contributed by atoms with Crippen molar-refractivity contribution >= 4 is 11.6 Å². The van der Waals surface area contributed by atoms with Crippen LogP contribution in [0, 0.1) is 20.8 Å². The summed E-state index contributed by atoms with van der Waals surface area (Å²) < 4.78 is 0. The van der Waals surface area contributed by atoms with E-state index >= 15 is 0 Å². The molecule has 2 rings (SSSR count). The van der Waals surface area contributed by atoms with Crippen LogP contribution in [-0.2, 0) is 0 Å². The van der Waals surface area contributed by atoms with E-state index in [1.165, 1.54) is 6.07 Å². The van der Waals surface area contributed by atoms with Crippen molar-refractivity contribution in [1.29, 1.82) is 0 Å². The van der Waals surface area contributed by atoms with E-state index in [4.69, 9.17) is 0 Å². The van der Waals surface area contributed by atoms with Crippen LogP contribution in [0.15, 0.2) is 36.4 Å². The summed E-state index contributed by atoms with van der Waals surface area (Å²) in [5, 5.41) is 12.3. The number of carbonyl (C=O) groups is 1. The van der Waals surface area contributed by atoms with E-state index in [2.05, 4.69) is 5.32 Å². The minimum absolute atomic E-state index is 0.158. The van der Waals surface area contributed by atoms with Crippen molar-refractivity contribution in [2.75, 3.05) is 5.32 Å². The highest BCUT2D eigenvalue weighted by Crippen LogP contribution is 2.22. The molecule has 0 saturated heterocycles. The number of benzene rings is 2. The van der Waals surface area contributed by atoms with Gasteiger partial charge in [-0.3, -0.25) is 4.79 Å². The van der Waals surface area contributed by atoms with Crippen LogP contribution in [0.25, 0.3) is 0 Å². The first kappa shape index (κ1) is 13.1. The summed E-state index contributed by atoms with van der Waals surface area (Å²) >= 11 is 0. The number of rotatable bonds is 2. The number of aromatic hydroxyl groups is 1. The lowest BCUT2D eigenvalue weighted by Gasteiger charge is -2.12. The smallest absolute Gasteiger partial charge is 0.255 e. The lowest BCUT2D eigenvalue weighted by atomic mass is 10.1. The minimum atomic E-state index is -0.158. The zero-order chi connectivity index (χ0) is 14.0. The SMILES string of the molecule is Cc1cc(O)ccc1C(=O)Nc1c(C)cccc1C. The van der Waals surface area contributed by atoms with E-state index in [1.807, 2.05) is 32.0 Å². The van der Waals surface area contributed by atoms with E-state index in [0.29, 0.717) is 5.56 Å². The van der Waals surface area contributed by atoms with Gasteiger partial charge in [-0.15, -0.1) is 0 Å². The van der Waals surface area contributed by atoms with Gasteiger partial charge in [-0.1, -0.05) is 18.2 Å². The van der Waals surface area contributed by atoms with Gasteiger partial charge in [-0.05, 0) is 55.7 Å². The largest absolute Gasteiger partial charge is 0.508 e. The Morgan fingerprint density at radius 1 is 1.00 bits per heavy atom. The molecule has 0 fully saturated rings. The first-order valence-electron chi connectivity index (χ1n) is 6.16. The summed E-state index contributed by atoms with van der Waals surface area (Å²) in [7, 11) is 0. The zero-order valence-electron chi connectivity index (χ0n) is 11.3. The highest BCUT2D eigenvalue weighted by molar-refractivity contribution is 6.06. The van der Waals surface area contributed by atoms with Crippen molar-refractivity contribution in [2.24, 2.45) is 0 Å². The molecule has 2 aromatic carbocycles. The van der Waals surface area contributed by atoms with Gasteiger partial charge in [-0.2, -0.15) is 0 Å². The molecule has 0 bridgehead atoms. The predicted molar refractivity (Wildman–Crippen MR) is 76.7 cm³/mol. The van der Waals surface area contributed by atoms with Crippen molar-refractivity contribution in [1.82, 2.24) is 0 Å². The van der Waals surface area contributed by atoms with Crippen LogP contribution in [0.2, 0.25) is 0 Å². The third-order valence-electron chi connectivity index (χ3n) is 3.17. The second-order valence-corrected chi connectivity index (χ2v) is 4.72. The molecule has 0 spiro atoms. The fourth-order valence-corrected chi connectivity index (χ4v) is 2.10. The van der Waals surface area contributed by atoms with E-state index < -0.39 is 0 Å². The third kappa shape index (κ3) is 2.76. The molecule has 19 heavy (non-hydrogen) atoms. The quantitative estimate of drug-likeness (QED) is 0.861. The number of hydrogen-bond donors (Lipinski definition) is 2. The van der Waals surface area contributed by atoms with Gasteiger partial charge in [0.15, 0.2) is 0 Å². The Kier molecular flexibility index (Phi) is 3.56. The number of phenolic OH excluding ortho intramolecular Hbond substituents is 1. The first-order chi connectivity index (χ1) is 8.99. The third-order valence-corrected chi connectivity index (χ3v) is 3.17. The molecule has 0 saturated carbocycles. The number of hydrogen-bond acceptors (Lipinski definition) is 2. The molecular weight excluding hydrogens is 238 g/mol. The summed E-state index contributed by atoms with van der Waals surface area (Å²) in [5.74, 6) is 0.0102. The highest BCUT2D eigenvalue weighted by atomic mass is 16.3. The number of para-hydroxylation sites is 1. The molecular formula is C16H17NO2. The topological polar surface area (TPSA) is 49.3 Å². The van der Waals surface area contributed by atoms with E-state index in [-0.39, 0.29) is 11.7 Å². The maximum atomic E-state index is 12.3. The number of anilines is 1. The summed E-state index contributed by atoms with van der Waals surface area (Å²) in [6.07, 6.45) is 0. The minimum Gasteiger partial charge on any atom is -0.508 e. The Hall–Kier alpha value is -2.29. The number of aryl methyl sites for hydroxylation is 3. The predicted octanol–water partition coefficient (Wildman–Crippen LogP) is 3.57. The van der Waals surface area contributed by atoms with Gasteiger partial charge < -0.3 is 10.4 Å². The molecule has 0 aliphatic heterocycles. The van der Waals surface area contributed by atoms with Crippen molar-refractivity contribution in [2.45, 2.75) is 20.8 Å². The summed E-state index contributed by atoms with van der Waals surface area (Å²) in [6, 6.07) is 10.6. The fourth-order valence-electron chi connectivity index (χ4n) is 2.10. The molecule has 0 radical (unpaired) electrons. The van der Waals surface area contributed by atoms with Gasteiger partial charge >= 0.3 is 0 Å². The maximum Gasteiger partial charge on any atom is 0.255 e.